The lowest BCUT2D eigenvalue weighted by molar-refractivity contribution is -0.145. The number of halogens is 3. The monoisotopic (exact) mass is 223 g/mol. The molecule has 1 N–H and O–H groups in total. The summed E-state index contributed by atoms with van der Waals surface area (Å²) in [4.78, 5) is 10.9. The van der Waals surface area contributed by atoms with E-state index in [4.69, 9.17) is 10.4 Å². The Bertz CT molecular complexity index is 325. The molecule has 0 spiro atoms. The molecule has 0 atom stereocenters. The fraction of sp³-hybridized carbons (Fsp3) is 0.500. The van der Waals surface area contributed by atoms with Gasteiger partial charge in [-0.3, -0.25) is 0 Å². The van der Waals surface area contributed by atoms with E-state index in [-0.39, 0.29) is 0 Å². The van der Waals surface area contributed by atoms with Crippen LogP contribution in [0.1, 0.15) is 13.8 Å². The number of allylic oxidation sites excluding steroid dienone is 1. The van der Waals surface area contributed by atoms with Crippen molar-refractivity contribution in [2.45, 2.75) is 26.1 Å². The molecule has 0 rings (SSSR count). The minimum atomic E-state index is -5.14. The molecule has 15 heavy (non-hydrogen) atoms. The molecule has 0 unspecified atom stereocenters. The van der Waals surface area contributed by atoms with Gasteiger partial charge in [0.25, 0.3) is 0 Å². The van der Waals surface area contributed by atoms with Crippen molar-refractivity contribution in [1.82, 2.24) is 0 Å². The zero-order valence-electron chi connectivity index (χ0n) is 7.92. The smallest absolute Gasteiger partial charge is 0.450 e. The molecule has 0 aliphatic heterocycles. The van der Waals surface area contributed by atoms with E-state index in [0.29, 0.717) is 0 Å². The molecular formula is C8H8F3NO3. The maximum Gasteiger partial charge on any atom is 0.450 e. The number of alkyl halides is 3. The van der Waals surface area contributed by atoms with E-state index >= 15 is 0 Å². The number of hydrogen-bond donors (Lipinski definition) is 1. The Labute approximate surface area is 83.6 Å². The lowest BCUT2D eigenvalue weighted by Crippen LogP contribution is -2.20. The van der Waals surface area contributed by atoms with Gasteiger partial charge in [-0.2, -0.15) is 18.4 Å². The van der Waals surface area contributed by atoms with E-state index in [9.17, 15) is 18.0 Å². The van der Waals surface area contributed by atoms with Crippen LogP contribution in [0.25, 0.3) is 0 Å². The van der Waals surface area contributed by atoms with Gasteiger partial charge >= 0.3 is 12.1 Å². The molecule has 0 aliphatic carbocycles. The van der Waals surface area contributed by atoms with Gasteiger partial charge in [-0.05, 0) is 13.8 Å². The zero-order valence-corrected chi connectivity index (χ0v) is 7.92. The highest BCUT2D eigenvalue weighted by atomic mass is 19.4. The topological polar surface area (TPSA) is 70.3 Å². The predicted octanol–water partition coefficient (Wildman–Crippen LogP) is 1.84. The molecule has 0 amide bonds. The average molecular weight is 223 g/mol. The third kappa shape index (κ3) is 3.89. The van der Waals surface area contributed by atoms with Crippen molar-refractivity contribution in [1.29, 1.82) is 5.26 Å². The molecule has 7 heteroatoms. The van der Waals surface area contributed by atoms with Crippen LogP contribution in [0.4, 0.5) is 13.2 Å². The van der Waals surface area contributed by atoms with Gasteiger partial charge < -0.3 is 9.84 Å². The molecule has 0 fully saturated rings. The summed E-state index contributed by atoms with van der Waals surface area (Å²) in [6.07, 6.45) is -5.82. The third-order valence-electron chi connectivity index (χ3n) is 1.16. The van der Waals surface area contributed by atoms with Gasteiger partial charge in [-0.15, -0.1) is 0 Å². The number of carbonyl (C=O) groups is 1. The van der Waals surface area contributed by atoms with Crippen LogP contribution in [0, 0.1) is 11.3 Å². The Kier molecular flexibility index (Phi) is 4.15. The summed E-state index contributed by atoms with van der Waals surface area (Å²) in [5.74, 6) is -3.74. The fourth-order valence-corrected chi connectivity index (χ4v) is 0.610. The maximum absolute atomic E-state index is 11.9. The van der Waals surface area contributed by atoms with Crippen LogP contribution in [0.3, 0.4) is 0 Å². The third-order valence-corrected chi connectivity index (χ3v) is 1.16. The quantitative estimate of drug-likeness (QED) is 0.335. The normalized spacial score (nSPS) is 13.1. The van der Waals surface area contributed by atoms with Gasteiger partial charge in [-0.1, -0.05) is 0 Å². The minimum absolute atomic E-state index is 0.679. The second-order valence-corrected chi connectivity index (χ2v) is 2.79. The number of aliphatic hydroxyl groups is 1. The van der Waals surface area contributed by atoms with Crippen molar-refractivity contribution in [3.63, 3.8) is 0 Å². The van der Waals surface area contributed by atoms with Gasteiger partial charge in [0.05, 0.1) is 6.10 Å². The van der Waals surface area contributed by atoms with Crippen LogP contribution in [0.15, 0.2) is 11.3 Å². The molecule has 0 saturated heterocycles. The highest BCUT2D eigenvalue weighted by Gasteiger charge is 2.39. The van der Waals surface area contributed by atoms with Crippen LogP contribution in [-0.4, -0.2) is 23.4 Å². The van der Waals surface area contributed by atoms with Crippen LogP contribution in [-0.2, 0) is 9.53 Å². The Morgan fingerprint density at radius 3 is 2.20 bits per heavy atom. The van der Waals surface area contributed by atoms with E-state index in [2.05, 4.69) is 4.74 Å². The Balaban J connectivity index is 5.10. The number of ether oxygens (including phenoxy) is 1. The molecular weight excluding hydrogens is 215 g/mol. The van der Waals surface area contributed by atoms with Crippen molar-refractivity contribution in [3.8, 4) is 6.07 Å². The van der Waals surface area contributed by atoms with Crippen LogP contribution in [0.2, 0.25) is 0 Å². The zero-order chi connectivity index (χ0) is 12.2. The summed E-state index contributed by atoms with van der Waals surface area (Å²) in [6.45, 7) is 2.80. The standard InChI is InChI=1S/C8H8F3NO3/c1-4(2)15-7(14)5(3-12)6(13)8(9,10)11/h4,13H,1-2H3. The fourth-order valence-electron chi connectivity index (χ4n) is 0.610. The largest absolute Gasteiger partial charge is 0.503 e. The van der Waals surface area contributed by atoms with Crippen molar-refractivity contribution < 1.29 is 27.8 Å². The summed E-state index contributed by atoms with van der Waals surface area (Å²) in [6, 6.07) is 0.949. The van der Waals surface area contributed by atoms with Crippen LogP contribution >= 0.6 is 0 Å². The number of nitriles is 1. The molecule has 0 heterocycles. The van der Waals surface area contributed by atoms with Gasteiger partial charge in [0.15, 0.2) is 5.57 Å². The van der Waals surface area contributed by atoms with E-state index in [1.54, 1.807) is 0 Å². The van der Waals surface area contributed by atoms with E-state index in [0.717, 1.165) is 6.07 Å². The Hall–Kier alpha value is -1.71. The van der Waals surface area contributed by atoms with Gasteiger partial charge in [0, 0.05) is 0 Å². The predicted molar refractivity (Wildman–Crippen MR) is 42.6 cm³/mol. The van der Waals surface area contributed by atoms with E-state index in [1.165, 1.54) is 13.8 Å². The summed E-state index contributed by atoms with van der Waals surface area (Å²) in [5.41, 5.74) is -1.45. The molecule has 4 nitrogen and oxygen atoms in total. The maximum atomic E-state index is 11.9. The average Bonchev–Trinajstić information content (AvgIpc) is 2.01. The second kappa shape index (κ2) is 4.68. The van der Waals surface area contributed by atoms with Gasteiger partial charge in [0.2, 0.25) is 5.76 Å². The molecule has 84 valence electrons. The van der Waals surface area contributed by atoms with Gasteiger partial charge in [0.1, 0.15) is 6.07 Å². The molecule has 0 aromatic heterocycles. The molecule has 0 bridgehead atoms. The summed E-state index contributed by atoms with van der Waals surface area (Å²) < 4.78 is 40.1. The highest BCUT2D eigenvalue weighted by molar-refractivity contribution is 5.93. The minimum Gasteiger partial charge on any atom is -0.503 e. The van der Waals surface area contributed by atoms with Crippen molar-refractivity contribution in [3.05, 3.63) is 11.3 Å². The molecule has 0 aliphatic rings. The van der Waals surface area contributed by atoms with E-state index < -0.39 is 29.6 Å². The first kappa shape index (κ1) is 13.3. The van der Waals surface area contributed by atoms with Crippen molar-refractivity contribution in [2.75, 3.05) is 0 Å². The summed E-state index contributed by atoms with van der Waals surface area (Å²) in [5, 5.41) is 16.8. The van der Waals surface area contributed by atoms with Crippen LogP contribution in [0.5, 0.6) is 0 Å². The highest BCUT2D eigenvalue weighted by Crippen LogP contribution is 2.26. The summed E-state index contributed by atoms with van der Waals surface area (Å²) >= 11 is 0. The SMILES string of the molecule is CC(C)OC(=O)C(C#N)=C(O)C(F)(F)F. The number of hydrogen-bond acceptors (Lipinski definition) is 4. The second-order valence-electron chi connectivity index (χ2n) is 2.79. The Morgan fingerprint density at radius 1 is 1.47 bits per heavy atom. The summed E-state index contributed by atoms with van der Waals surface area (Å²) in [7, 11) is 0. The Morgan fingerprint density at radius 2 is 1.93 bits per heavy atom. The number of rotatable bonds is 2. The van der Waals surface area contributed by atoms with E-state index in [1.807, 2.05) is 0 Å². The lowest BCUT2D eigenvalue weighted by Gasteiger charge is -2.09. The number of carbonyl (C=O) groups excluding carboxylic acids is 1. The number of nitrogens with zero attached hydrogens (tertiary/aromatic N) is 1. The molecule has 0 aromatic carbocycles. The van der Waals surface area contributed by atoms with Crippen molar-refractivity contribution in [2.24, 2.45) is 0 Å². The number of esters is 1. The first-order valence-corrected chi connectivity index (χ1v) is 3.81. The first-order chi connectivity index (χ1) is 6.70. The van der Waals surface area contributed by atoms with Gasteiger partial charge in [-0.25, -0.2) is 4.79 Å². The molecule has 0 saturated carbocycles. The van der Waals surface area contributed by atoms with Crippen molar-refractivity contribution >= 4 is 5.97 Å². The first-order valence-electron chi connectivity index (χ1n) is 3.81. The molecule has 0 radical (unpaired) electrons. The van der Waals surface area contributed by atoms with Crippen LogP contribution < -0.4 is 0 Å². The lowest BCUT2D eigenvalue weighted by atomic mass is 10.2. The molecule has 0 aromatic rings. The number of aliphatic hydroxyl groups excluding tert-OH is 1.